The summed E-state index contributed by atoms with van der Waals surface area (Å²) in [5.74, 6) is 2.20. The number of rotatable bonds is 4. The molecule has 5 rings (SSSR count). The Kier molecular flexibility index (Phi) is 4.31. The lowest BCUT2D eigenvalue weighted by molar-refractivity contribution is 0.352. The van der Waals surface area contributed by atoms with Crippen molar-refractivity contribution in [1.29, 1.82) is 0 Å². The number of H-pyrrole nitrogens is 1. The first-order chi connectivity index (χ1) is 13.7. The summed E-state index contributed by atoms with van der Waals surface area (Å²) in [6, 6.07) is 13.9. The molecule has 3 atom stereocenters. The van der Waals surface area contributed by atoms with Crippen molar-refractivity contribution >= 4 is 10.9 Å². The maximum atomic E-state index is 5.51. The fourth-order valence-electron chi connectivity index (χ4n) is 5.27. The summed E-state index contributed by atoms with van der Waals surface area (Å²) in [7, 11) is 3.38. The van der Waals surface area contributed by atoms with Gasteiger partial charge in [-0.05, 0) is 61.6 Å². The molecular formula is C24H28N2O2. The predicted octanol–water partition coefficient (Wildman–Crippen LogP) is 5.02. The number of hydrogen-bond donors (Lipinski definition) is 2. The molecule has 2 aliphatic rings. The molecule has 4 heteroatoms. The fourth-order valence-corrected chi connectivity index (χ4v) is 5.27. The van der Waals surface area contributed by atoms with Gasteiger partial charge in [0.05, 0.1) is 20.3 Å². The molecule has 146 valence electrons. The zero-order valence-electron chi connectivity index (χ0n) is 16.8. The Labute approximate surface area is 166 Å². The molecule has 4 nitrogen and oxygen atoms in total. The van der Waals surface area contributed by atoms with E-state index in [1.807, 2.05) is 6.07 Å². The first kappa shape index (κ1) is 17.6. The minimum absolute atomic E-state index is 0.292. The van der Waals surface area contributed by atoms with Gasteiger partial charge in [0.25, 0.3) is 0 Å². The molecule has 0 spiro atoms. The minimum atomic E-state index is 0.292. The molecule has 0 radical (unpaired) electrons. The Morgan fingerprint density at radius 3 is 2.68 bits per heavy atom. The van der Waals surface area contributed by atoms with Gasteiger partial charge in [0, 0.05) is 28.6 Å². The molecular weight excluding hydrogens is 348 g/mol. The molecule has 1 saturated carbocycles. The number of aromatic nitrogens is 1. The van der Waals surface area contributed by atoms with Crippen molar-refractivity contribution < 1.29 is 9.47 Å². The number of aryl methyl sites for hydroxylation is 1. The lowest BCUT2D eigenvalue weighted by Gasteiger charge is -2.34. The van der Waals surface area contributed by atoms with Gasteiger partial charge in [0.1, 0.15) is 0 Å². The standard InChI is InChI=1S/C24H28N2O2/c1-14-7-9-19-17(11-14)23-16-5-4-6-18(16)25-20(24(23)26-19)12-15-8-10-21(27-2)22(13-15)28-3/h7-11,13,16,18,20,25-26H,4-6,12H2,1-3H3/t16-,18+,20-/m0/s1. The highest BCUT2D eigenvalue weighted by atomic mass is 16.5. The van der Waals surface area contributed by atoms with Crippen LogP contribution in [-0.2, 0) is 6.42 Å². The molecule has 3 aromatic rings. The van der Waals surface area contributed by atoms with Crippen molar-refractivity contribution in [2.24, 2.45) is 0 Å². The van der Waals surface area contributed by atoms with Gasteiger partial charge in [0.15, 0.2) is 11.5 Å². The number of methoxy groups -OCH3 is 2. The van der Waals surface area contributed by atoms with Crippen molar-refractivity contribution in [3.8, 4) is 11.5 Å². The predicted molar refractivity (Wildman–Crippen MR) is 113 cm³/mol. The Morgan fingerprint density at radius 2 is 1.86 bits per heavy atom. The lowest BCUT2D eigenvalue weighted by Crippen LogP contribution is -2.40. The van der Waals surface area contributed by atoms with Gasteiger partial charge < -0.3 is 19.8 Å². The maximum absolute atomic E-state index is 5.51. The highest BCUT2D eigenvalue weighted by molar-refractivity contribution is 5.86. The van der Waals surface area contributed by atoms with Crippen molar-refractivity contribution in [2.45, 2.75) is 50.6 Å². The van der Waals surface area contributed by atoms with Gasteiger partial charge in [-0.15, -0.1) is 0 Å². The number of ether oxygens (including phenoxy) is 2. The van der Waals surface area contributed by atoms with E-state index in [0.717, 1.165) is 17.9 Å². The summed E-state index contributed by atoms with van der Waals surface area (Å²) >= 11 is 0. The third-order valence-electron chi connectivity index (χ3n) is 6.56. The van der Waals surface area contributed by atoms with E-state index in [9.17, 15) is 0 Å². The smallest absolute Gasteiger partial charge is 0.160 e. The minimum Gasteiger partial charge on any atom is -0.493 e. The second-order valence-electron chi connectivity index (χ2n) is 8.26. The van der Waals surface area contributed by atoms with Gasteiger partial charge in [0.2, 0.25) is 0 Å². The van der Waals surface area contributed by atoms with Crippen LogP contribution in [0.2, 0.25) is 0 Å². The zero-order valence-corrected chi connectivity index (χ0v) is 16.8. The Hall–Kier alpha value is -2.46. The van der Waals surface area contributed by atoms with Gasteiger partial charge in [-0.3, -0.25) is 0 Å². The van der Waals surface area contributed by atoms with Crippen molar-refractivity contribution in [1.82, 2.24) is 10.3 Å². The third-order valence-corrected chi connectivity index (χ3v) is 6.56. The first-order valence-corrected chi connectivity index (χ1v) is 10.3. The molecule has 2 heterocycles. The van der Waals surface area contributed by atoms with E-state index >= 15 is 0 Å². The van der Waals surface area contributed by atoms with Crippen LogP contribution >= 0.6 is 0 Å². The largest absolute Gasteiger partial charge is 0.493 e. The van der Waals surface area contributed by atoms with Crippen molar-refractivity contribution in [3.63, 3.8) is 0 Å². The normalized spacial score (nSPS) is 23.5. The second-order valence-corrected chi connectivity index (χ2v) is 8.26. The van der Waals surface area contributed by atoms with Crippen LogP contribution in [0.15, 0.2) is 36.4 Å². The van der Waals surface area contributed by atoms with E-state index in [1.54, 1.807) is 19.8 Å². The van der Waals surface area contributed by atoms with Crippen LogP contribution in [0.4, 0.5) is 0 Å². The Morgan fingerprint density at radius 1 is 1.00 bits per heavy atom. The number of aromatic amines is 1. The zero-order chi connectivity index (χ0) is 19.3. The molecule has 0 amide bonds. The quantitative estimate of drug-likeness (QED) is 0.672. The van der Waals surface area contributed by atoms with Crippen molar-refractivity contribution in [3.05, 3.63) is 58.8 Å². The molecule has 0 saturated heterocycles. The molecule has 0 bridgehead atoms. The number of hydrogen-bond acceptors (Lipinski definition) is 3. The van der Waals surface area contributed by atoms with Gasteiger partial charge in [-0.1, -0.05) is 24.1 Å². The summed E-state index contributed by atoms with van der Waals surface area (Å²) < 4.78 is 10.9. The van der Waals surface area contributed by atoms with E-state index in [1.165, 1.54) is 47.0 Å². The summed E-state index contributed by atoms with van der Waals surface area (Å²) in [5.41, 5.74) is 6.79. The summed E-state index contributed by atoms with van der Waals surface area (Å²) in [6.07, 6.45) is 4.80. The van der Waals surface area contributed by atoms with Crippen LogP contribution in [0.3, 0.4) is 0 Å². The molecule has 0 unspecified atom stereocenters. The van der Waals surface area contributed by atoms with Crippen LogP contribution in [0.25, 0.3) is 10.9 Å². The first-order valence-electron chi connectivity index (χ1n) is 10.3. The van der Waals surface area contributed by atoms with Crippen LogP contribution in [0.5, 0.6) is 11.5 Å². The molecule has 2 N–H and O–H groups in total. The highest BCUT2D eigenvalue weighted by Gasteiger charge is 2.39. The van der Waals surface area contributed by atoms with Crippen LogP contribution < -0.4 is 14.8 Å². The molecule has 1 aromatic heterocycles. The Bertz CT molecular complexity index is 1020. The topological polar surface area (TPSA) is 46.3 Å². The molecule has 2 aromatic carbocycles. The van der Waals surface area contributed by atoms with E-state index < -0.39 is 0 Å². The second kappa shape index (κ2) is 6.85. The highest BCUT2D eigenvalue weighted by Crippen LogP contribution is 2.46. The van der Waals surface area contributed by atoms with Gasteiger partial charge >= 0.3 is 0 Å². The van der Waals surface area contributed by atoms with E-state index in [-0.39, 0.29) is 0 Å². The summed E-state index contributed by atoms with van der Waals surface area (Å²) in [4.78, 5) is 3.76. The van der Waals surface area contributed by atoms with Crippen LogP contribution in [0, 0.1) is 6.92 Å². The van der Waals surface area contributed by atoms with Gasteiger partial charge in [-0.25, -0.2) is 0 Å². The molecule has 1 aliphatic carbocycles. The molecule has 1 fully saturated rings. The molecule has 28 heavy (non-hydrogen) atoms. The van der Waals surface area contributed by atoms with E-state index in [0.29, 0.717) is 18.0 Å². The Balaban J connectivity index is 1.56. The van der Waals surface area contributed by atoms with E-state index in [4.69, 9.17) is 9.47 Å². The summed E-state index contributed by atoms with van der Waals surface area (Å²) in [5, 5.41) is 5.38. The van der Waals surface area contributed by atoms with E-state index in [2.05, 4.69) is 47.6 Å². The SMILES string of the molecule is COc1ccc(C[C@@H]2N[C@@H]3CCC[C@@H]3c3c2[nH]c2ccc(C)cc32)cc1OC. The number of fused-ring (bicyclic) bond motifs is 5. The monoisotopic (exact) mass is 376 g/mol. The average Bonchev–Trinajstić information content (AvgIpc) is 3.31. The molecule has 1 aliphatic heterocycles. The number of nitrogens with one attached hydrogen (secondary N) is 2. The van der Waals surface area contributed by atoms with Crippen LogP contribution in [-0.4, -0.2) is 25.2 Å². The average molecular weight is 377 g/mol. The fraction of sp³-hybridized carbons (Fsp3) is 0.417. The maximum Gasteiger partial charge on any atom is 0.160 e. The van der Waals surface area contributed by atoms with Crippen LogP contribution in [0.1, 0.15) is 53.6 Å². The van der Waals surface area contributed by atoms with Gasteiger partial charge in [-0.2, -0.15) is 0 Å². The summed E-state index contributed by atoms with van der Waals surface area (Å²) in [6.45, 7) is 2.19. The van der Waals surface area contributed by atoms with Crippen molar-refractivity contribution in [2.75, 3.05) is 14.2 Å². The third kappa shape index (κ3) is 2.78. The lowest BCUT2D eigenvalue weighted by atomic mass is 9.83. The number of benzene rings is 2.